The number of anilines is 1. The molecule has 1 aliphatic carbocycles. The Morgan fingerprint density at radius 1 is 0.900 bits per heavy atom. The van der Waals surface area contributed by atoms with Crippen molar-refractivity contribution in [2.75, 3.05) is 4.90 Å². The highest BCUT2D eigenvalue weighted by Crippen LogP contribution is 2.54. The molecule has 3 aromatic carbocycles. The van der Waals surface area contributed by atoms with Crippen LogP contribution in [0.25, 0.3) is 0 Å². The van der Waals surface area contributed by atoms with Crippen LogP contribution in [-0.4, -0.2) is 5.92 Å². The van der Waals surface area contributed by atoms with Crippen molar-refractivity contribution in [3.8, 4) is 0 Å². The molecule has 1 fully saturated rings. The third-order valence-corrected chi connectivity index (χ3v) is 6.17. The number of halogens is 3. The Morgan fingerprint density at radius 3 is 1.97 bits per heavy atom. The normalized spacial score (nSPS) is 18.1. The van der Waals surface area contributed by atoms with Crippen LogP contribution in [0.3, 0.4) is 0 Å². The predicted octanol–water partition coefficient (Wildman–Crippen LogP) is 7.53. The lowest BCUT2D eigenvalue weighted by Crippen LogP contribution is -2.46. The first-order chi connectivity index (χ1) is 14.5. The quantitative estimate of drug-likeness (QED) is 0.378. The number of benzene rings is 3. The molecule has 4 rings (SSSR count). The summed E-state index contributed by atoms with van der Waals surface area (Å²) >= 11 is 6.62. The summed E-state index contributed by atoms with van der Waals surface area (Å²) in [7, 11) is 0. The highest BCUT2D eigenvalue weighted by molar-refractivity contribution is 6.33. The summed E-state index contributed by atoms with van der Waals surface area (Å²) in [6.45, 7) is 3.19. The molecule has 0 aliphatic heterocycles. The first kappa shape index (κ1) is 20.9. The molecule has 1 saturated carbocycles. The molecule has 0 heterocycles. The smallest absolute Gasteiger partial charge is 0.252 e. The summed E-state index contributed by atoms with van der Waals surface area (Å²) in [4.78, 5) is 2.22. The fourth-order valence-electron chi connectivity index (χ4n) is 4.26. The van der Waals surface area contributed by atoms with Crippen LogP contribution in [0.15, 0.2) is 78.9 Å². The molecule has 155 valence electrons. The largest absolute Gasteiger partial charge is 0.362 e. The van der Waals surface area contributed by atoms with Gasteiger partial charge in [0.05, 0.1) is 10.7 Å². The fourth-order valence-corrected chi connectivity index (χ4v) is 4.50. The average molecular weight is 425 g/mol. The van der Waals surface area contributed by atoms with E-state index in [-0.39, 0.29) is 6.42 Å². The molecule has 0 saturated heterocycles. The molecule has 0 amide bonds. The van der Waals surface area contributed by atoms with Crippen molar-refractivity contribution in [3.05, 3.63) is 106 Å². The Balaban J connectivity index is 1.67. The van der Waals surface area contributed by atoms with E-state index in [9.17, 15) is 8.78 Å². The minimum atomic E-state index is -2.60. The Hall–Kier alpha value is -2.39. The van der Waals surface area contributed by atoms with Crippen LogP contribution >= 0.6 is 11.6 Å². The Morgan fingerprint density at radius 2 is 1.47 bits per heavy atom. The molecule has 1 aliphatic rings. The second-order valence-corrected chi connectivity index (χ2v) is 8.32. The molecule has 0 spiro atoms. The zero-order valence-electron chi connectivity index (χ0n) is 17.0. The van der Waals surface area contributed by atoms with Crippen molar-refractivity contribution < 1.29 is 8.78 Å². The summed E-state index contributed by atoms with van der Waals surface area (Å²) in [5, 5.41) is 0.630. The Labute approximate surface area is 182 Å². The maximum absolute atomic E-state index is 14.0. The van der Waals surface area contributed by atoms with Crippen LogP contribution in [0.2, 0.25) is 5.02 Å². The lowest BCUT2D eigenvalue weighted by molar-refractivity contribution is -0.108. The van der Waals surface area contributed by atoms with Crippen LogP contribution in [0, 0.1) is 11.8 Å². The molecule has 4 heteroatoms. The van der Waals surface area contributed by atoms with Crippen LogP contribution in [0.5, 0.6) is 0 Å². The number of alkyl halides is 2. The third kappa shape index (κ3) is 4.37. The number of hydrogen-bond donors (Lipinski definition) is 0. The molecule has 1 nitrogen and oxygen atoms in total. The molecule has 0 bridgehead atoms. The second kappa shape index (κ2) is 8.77. The van der Waals surface area contributed by atoms with Gasteiger partial charge >= 0.3 is 0 Å². The van der Waals surface area contributed by atoms with Gasteiger partial charge in [0.25, 0.3) is 5.92 Å². The van der Waals surface area contributed by atoms with Crippen LogP contribution in [-0.2, 0) is 13.1 Å². The molecule has 1 radical (unpaired) electrons. The van der Waals surface area contributed by atoms with Crippen molar-refractivity contribution in [1.82, 2.24) is 0 Å². The van der Waals surface area contributed by atoms with Crippen LogP contribution in [0.1, 0.15) is 36.5 Å². The first-order valence-electron chi connectivity index (χ1n) is 10.3. The lowest BCUT2D eigenvalue weighted by Gasteiger charge is -2.44. The van der Waals surface area contributed by atoms with E-state index in [4.69, 9.17) is 11.6 Å². The molecule has 3 aromatic rings. The standard InChI is InChI=1S/C26H25ClF2N/c1-2-23-22(16-26(23,28)29)21-13-14-24(27)25(15-21)30(17-19-9-5-3-6-10-19)18-20-11-7-4-8-12-20/h3-15,23H,2,16-18H2,1H3. The molecule has 1 atom stereocenters. The van der Waals surface area contributed by atoms with Gasteiger partial charge in [0.15, 0.2) is 0 Å². The SMILES string of the molecule is CCC1[C](c2ccc(Cl)c(N(Cc3ccccc3)Cc3ccccc3)c2)CC1(F)F. The fraction of sp³-hybridized carbons (Fsp3) is 0.269. The molecular weight excluding hydrogens is 400 g/mol. The van der Waals surface area contributed by atoms with E-state index in [1.54, 1.807) is 0 Å². The van der Waals surface area contributed by atoms with E-state index in [2.05, 4.69) is 29.2 Å². The van der Waals surface area contributed by atoms with Gasteiger partial charge in [-0.1, -0.05) is 85.3 Å². The van der Waals surface area contributed by atoms with Crippen molar-refractivity contribution >= 4 is 17.3 Å². The lowest BCUT2D eigenvalue weighted by atomic mass is 9.65. The van der Waals surface area contributed by atoms with E-state index >= 15 is 0 Å². The topological polar surface area (TPSA) is 3.24 Å². The highest BCUT2D eigenvalue weighted by atomic mass is 35.5. The minimum absolute atomic E-state index is 0.163. The van der Waals surface area contributed by atoms with Gasteiger partial charge in [-0.25, -0.2) is 8.78 Å². The average Bonchev–Trinajstić information content (AvgIpc) is 2.74. The third-order valence-electron chi connectivity index (χ3n) is 5.85. The van der Waals surface area contributed by atoms with Gasteiger partial charge in [0.1, 0.15) is 0 Å². The van der Waals surface area contributed by atoms with Gasteiger partial charge in [-0.15, -0.1) is 0 Å². The van der Waals surface area contributed by atoms with Gasteiger partial charge in [-0.05, 0) is 35.2 Å². The molecular formula is C26H25ClF2N. The van der Waals surface area contributed by atoms with E-state index in [0.29, 0.717) is 24.5 Å². The highest BCUT2D eigenvalue weighted by Gasteiger charge is 2.55. The van der Waals surface area contributed by atoms with Gasteiger partial charge in [-0.2, -0.15) is 0 Å². The van der Waals surface area contributed by atoms with Gasteiger partial charge in [0.2, 0.25) is 0 Å². The summed E-state index contributed by atoms with van der Waals surface area (Å²) in [6, 6.07) is 26.1. The number of nitrogens with zero attached hydrogens (tertiary/aromatic N) is 1. The monoisotopic (exact) mass is 424 g/mol. The summed E-state index contributed by atoms with van der Waals surface area (Å²) in [6.07, 6.45) is 0.280. The van der Waals surface area contributed by atoms with Gasteiger partial charge in [-0.3, -0.25) is 0 Å². The van der Waals surface area contributed by atoms with Crippen molar-refractivity contribution in [3.63, 3.8) is 0 Å². The summed E-state index contributed by atoms with van der Waals surface area (Å²) < 4.78 is 28.0. The van der Waals surface area contributed by atoms with Crippen molar-refractivity contribution in [2.45, 2.75) is 38.8 Å². The van der Waals surface area contributed by atoms with E-state index in [1.807, 2.05) is 61.5 Å². The molecule has 0 aromatic heterocycles. The summed E-state index contributed by atoms with van der Waals surface area (Å²) in [5.41, 5.74) is 4.09. The molecule has 0 N–H and O–H groups in total. The number of rotatable bonds is 7. The maximum atomic E-state index is 14.0. The van der Waals surface area contributed by atoms with E-state index in [1.165, 1.54) is 11.1 Å². The van der Waals surface area contributed by atoms with Crippen molar-refractivity contribution in [1.29, 1.82) is 0 Å². The van der Waals surface area contributed by atoms with Crippen LogP contribution < -0.4 is 4.90 Å². The zero-order valence-corrected chi connectivity index (χ0v) is 17.7. The van der Waals surface area contributed by atoms with E-state index in [0.717, 1.165) is 17.2 Å². The van der Waals surface area contributed by atoms with Gasteiger partial charge in [0, 0.05) is 31.3 Å². The maximum Gasteiger partial charge on any atom is 0.252 e. The second-order valence-electron chi connectivity index (χ2n) is 7.92. The zero-order chi connectivity index (χ0) is 21.1. The Bertz CT molecular complexity index is 933. The minimum Gasteiger partial charge on any atom is -0.362 e. The van der Waals surface area contributed by atoms with Crippen molar-refractivity contribution in [2.24, 2.45) is 5.92 Å². The predicted molar refractivity (Wildman–Crippen MR) is 120 cm³/mol. The Kier molecular flexibility index (Phi) is 6.10. The van der Waals surface area contributed by atoms with E-state index < -0.39 is 11.8 Å². The summed E-state index contributed by atoms with van der Waals surface area (Å²) in [5.74, 6) is -2.44. The molecule has 1 unspecified atom stereocenters. The van der Waals surface area contributed by atoms with Crippen LogP contribution in [0.4, 0.5) is 14.5 Å². The van der Waals surface area contributed by atoms with Gasteiger partial charge < -0.3 is 4.90 Å². The number of hydrogen-bond acceptors (Lipinski definition) is 1. The first-order valence-corrected chi connectivity index (χ1v) is 10.7. The molecule has 30 heavy (non-hydrogen) atoms.